The molecule has 1 amide bonds. The molecule has 0 aliphatic carbocycles. The number of rotatable bonds is 4. The molecule has 2 unspecified atom stereocenters. The van der Waals surface area contributed by atoms with Crippen LogP contribution in [0.15, 0.2) is 46.9 Å². The van der Waals surface area contributed by atoms with E-state index in [0.29, 0.717) is 0 Å². The smallest absolute Gasteiger partial charge is 0.401 e. The largest absolute Gasteiger partial charge is 0.416 e. The van der Waals surface area contributed by atoms with E-state index in [1.54, 1.807) is 4.90 Å². The van der Waals surface area contributed by atoms with Crippen molar-refractivity contribution >= 4 is 45.0 Å². The first-order valence-electron chi connectivity index (χ1n) is 9.88. The molecule has 0 radical (unpaired) electrons. The summed E-state index contributed by atoms with van der Waals surface area (Å²) in [7, 11) is 0. The first-order chi connectivity index (χ1) is 14.4. The van der Waals surface area contributed by atoms with Crippen molar-refractivity contribution < 1.29 is 14.5 Å². The van der Waals surface area contributed by atoms with Crippen LogP contribution in [-0.4, -0.2) is 34.0 Å². The fourth-order valence-electron chi connectivity index (χ4n) is 4.48. The Morgan fingerprint density at radius 3 is 2.53 bits per heavy atom. The van der Waals surface area contributed by atoms with Crippen LogP contribution in [0.3, 0.4) is 0 Å². The van der Waals surface area contributed by atoms with E-state index >= 15 is 0 Å². The lowest BCUT2D eigenvalue weighted by atomic mass is 9.82. The Morgan fingerprint density at radius 2 is 1.87 bits per heavy atom. The van der Waals surface area contributed by atoms with Gasteiger partial charge in [-0.2, -0.15) is 0 Å². The lowest BCUT2D eigenvalue weighted by molar-refractivity contribution is -0.385. The summed E-state index contributed by atoms with van der Waals surface area (Å²) in [5.74, 6) is -0.194. The number of nitro groups is 1. The Balaban J connectivity index is 1.50. The first-order valence-corrected chi connectivity index (χ1v) is 11.0. The summed E-state index contributed by atoms with van der Waals surface area (Å²) < 4.78 is 6.47. The van der Waals surface area contributed by atoms with Gasteiger partial charge in [-0.1, -0.05) is 29.8 Å². The van der Waals surface area contributed by atoms with Crippen molar-refractivity contribution in [1.82, 2.24) is 4.90 Å². The number of nitrogens with zero attached hydrogens (tertiary/aromatic N) is 2. The van der Waals surface area contributed by atoms with Gasteiger partial charge in [0.15, 0.2) is 0 Å². The highest BCUT2D eigenvalue weighted by Crippen LogP contribution is 2.39. The van der Waals surface area contributed by atoms with E-state index in [9.17, 15) is 14.9 Å². The van der Waals surface area contributed by atoms with Gasteiger partial charge in [-0.3, -0.25) is 10.1 Å². The van der Waals surface area contributed by atoms with E-state index in [4.69, 9.17) is 16.3 Å². The highest BCUT2D eigenvalue weighted by atomic mass is 79.9. The molecule has 158 valence electrons. The highest BCUT2D eigenvalue weighted by Gasteiger charge is 2.42. The van der Waals surface area contributed by atoms with Crippen LogP contribution < -0.4 is 10.1 Å². The topological polar surface area (TPSA) is 84.7 Å². The number of carbonyl (C=O) groups is 1. The van der Waals surface area contributed by atoms with Gasteiger partial charge in [0.05, 0.1) is 9.95 Å². The van der Waals surface area contributed by atoms with Crippen LogP contribution in [0.5, 0.6) is 5.75 Å². The van der Waals surface area contributed by atoms with Crippen molar-refractivity contribution in [2.45, 2.75) is 50.2 Å². The van der Waals surface area contributed by atoms with Crippen LogP contribution in [0.4, 0.5) is 16.2 Å². The number of nitrogens with one attached hydrogen (secondary N) is 1. The van der Waals surface area contributed by atoms with Gasteiger partial charge in [-0.25, -0.2) is 4.79 Å². The van der Waals surface area contributed by atoms with Crippen LogP contribution in [0, 0.1) is 10.1 Å². The normalized spacial score (nSPS) is 23.0. The average molecular weight is 495 g/mol. The van der Waals surface area contributed by atoms with Crippen molar-refractivity contribution in [3.63, 3.8) is 0 Å². The summed E-state index contributed by atoms with van der Waals surface area (Å²) in [5.41, 5.74) is 0.717. The zero-order valence-electron chi connectivity index (χ0n) is 16.1. The second-order valence-electron chi connectivity index (χ2n) is 7.65. The molecular formula is C21H21BrClN3O4. The van der Waals surface area contributed by atoms with E-state index in [1.807, 2.05) is 24.3 Å². The maximum Gasteiger partial charge on any atom is 0.416 e. The van der Waals surface area contributed by atoms with E-state index in [0.717, 1.165) is 42.3 Å². The van der Waals surface area contributed by atoms with Crippen molar-refractivity contribution in [3.8, 4) is 5.75 Å². The second-order valence-corrected chi connectivity index (χ2v) is 8.91. The van der Waals surface area contributed by atoms with Gasteiger partial charge in [-0.05, 0) is 66.2 Å². The van der Waals surface area contributed by atoms with Crippen molar-refractivity contribution in [3.05, 3.63) is 62.1 Å². The number of carbonyl (C=O) groups excluding carboxylic acids is 1. The van der Waals surface area contributed by atoms with Gasteiger partial charge in [0, 0.05) is 34.4 Å². The van der Waals surface area contributed by atoms with Crippen LogP contribution in [0.2, 0.25) is 5.02 Å². The Hall–Kier alpha value is -2.32. The molecule has 9 heteroatoms. The molecule has 0 spiro atoms. The number of anilines is 1. The van der Waals surface area contributed by atoms with Gasteiger partial charge in [0.25, 0.3) is 0 Å². The number of nitro benzene ring substituents is 1. The maximum absolute atomic E-state index is 13.0. The van der Waals surface area contributed by atoms with E-state index in [2.05, 4.69) is 21.2 Å². The van der Waals surface area contributed by atoms with Gasteiger partial charge < -0.3 is 15.0 Å². The molecule has 1 N–H and O–H groups in total. The zero-order chi connectivity index (χ0) is 21.3. The zero-order valence-corrected chi connectivity index (χ0v) is 18.4. The van der Waals surface area contributed by atoms with Crippen molar-refractivity contribution in [2.24, 2.45) is 0 Å². The summed E-state index contributed by atoms with van der Waals surface area (Å²) in [6, 6.07) is 12.5. The molecule has 7 nitrogen and oxygen atoms in total. The number of hydrogen-bond donors (Lipinski definition) is 1. The Bertz CT molecular complexity index is 959. The molecule has 2 heterocycles. The molecule has 2 aromatic rings. The van der Waals surface area contributed by atoms with E-state index < -0.39 is 11.0 Å². The molecule has 0 saturated carbocycles. The fourth-order valence-corrected chi connectivity index (χ4v) is 5.09. The lowest BCUT2D eigenvalue weighted by Crippen LogP contribution is -2.57. The number of hydrogen-bond acceptors (Lipinski definition) is 5. The van der Waals surface area contributed by atoms with E-state index in [1.165, 1.54) is 18.2 Å². The lowest BCUT2D eigenvalue weighted by Gasteiger charge is -2.48. The number of para-hydroxylation sites is 2. The number of fused-ring (bicyclic) bond motifs is 2. The van der Waals surface area contributed by atoms with Gasteiger partial charge >= 0.3 is 11.8 Å². The average Bonchev–Trinajstić information content (AvgIpc) is 2.70. The van der Waals surface area contributed by atoms with Crippen LogP contribution in [0.25, 0.3) is 0 Å². The summed E-state index contributed by atoms with van der Waals surface area (Å²) in [6.45, 7) is 0. The van der Waals surface area contributed by atoms with E-state index in [-0.39, 0.29) is 34.6 Å². The molecule has 2 aromatic carbocycles. The quantitative estimate of drug-likeness (QED) is 0.416. The summed E-state index contributed by atoms with van der Waals surface area (Å²) in [4.78, 5) is 25.5. The van der Waals surface area contributed by atoms with Gasteiger partial charge in [0.2, 0.25) is 5.75 Å². The van der Waals surface area contributed by atoms with Gasteiger partial charge in [0.1, 0.15) is 0 Å². The summed E-state index contributed by atoms with van der Waals surface area (Å²) in [5, 5.41) is 14.9. The number of halogens is 2. The minimum absolute atomic E-state index is 0.0199. The molecular weight excluding hydrogens is 474 g/mol. The highest BCUT2D eigenvalue weighted by molar-refractivity contribution is 9.10. The number of piperidine rings is 2. The SMILES string of the molecule is O=C(Oc1c(Cl)cccc1[N+](=O)[O-])N1C2CCCC1CC(Nc1ccccc1Br)C2. The number of ether oxygens (including phenoxy) is 1. The molecule has 30 heavy (non-hydrogen) atoms. The Labute approximate surface area is 187 Å². The molecule has 2 aliphatic rings. The first kappa shape index (κ1) is 20.9. The molecule has 2 fully saturated rings. The molecule has 4 rings (SSSR count). The summed E-state index contributed by atoms with van der Waals surface area (Å²) in [6.07, 6.45) is 3.82. The van der Waals surface area contributed by atoms with Crippen LogP contribution in [-0.2, 0) is 0 Å². The van der Waals surface area contributed by atoms with Crippen LogP contribution in [0.1, 0.15) is 32.1 Å². The second kappa shape index (κ2) is 8.81. The predicted octanol–water partition coefficient (Wildman–Crippen LogP) is 6.01. The number of benzene rings is 2. The molecule has 2 saturated heterocycles. The van der Waals surface area contributed by atoms with Gasteiger partial charge in [-0.15, -0.1) is 0 Å². The third-order valence-electron chi connectivity index (χ3n) is 5.75. The molecule has 2 aliphatic heterocycles. The maximum atomic E-state index is 13.0. The Morgan fingerprint density at radius 1 is 1.17 bits per heavy atom. The van der Waals surface area contributed by atoms with Crippen molar-refractivity contribution in [1.29, 1.82) is 0 Å². The summed E-state index contributed by atoms with van der Waals surface area (Å²) >= 11 is 9.66. The minimum Gasteiger partial charge on any atom is -0.401 e. The predicted molar refractivity (Wildman–Crippen MR) is 118 cm³/mol. The molecule has 0 aromatic heterocycles. The third-order valence-corrected chi connectivity index (χ3v) is 6.74. The number of amides is 1. The minimum atomic E-state index is -0.594. The standard InChI is InChI=1S/C21H21BrClN3O4/c22-16-7-1-2-9-18(16)24-13-11-14-5-3-6-15(12-13)25(14)21(27)30-20-17(23)8-4-10-19(20)26(28)29/h1-2,4,7-10,13-15,24H,3,5-6,11-12H2. The molecule has 2 atom stereocenters. The van der Waals surface area contributed by atoms with Crippen molar-refractivity contribution in [2.75, 3.05) is 5.32 Å². The molecule has 2 bridgehead atoms. The fraction of sp³-hybridized carbons (Fsp3) is 0.381. The van der Waals surface area contributed by atoms with Crippen LogP contribution >= 0.6 is 27.5 Å². The third kappa shape index (κ3) is 4.25. The Kier molecular flexibility index (Phi) is 6.15. The monoisotopic (exact) mass is 493 g/mol.